The molecule has 3 aromatic rings. The molecule has 2 aromatic carbocycles. The van der Waals surface area contributed by atoms with Gasteiger partial charge in [0.25, 0.3) is 0 Å². The Hall–Kier alpha value is -2.46. The molecule has 4 nitrogen and oxygen atoms in total. The standard InChI is InChI=1S/C25H28N4/c1-17(19-5-6-19)28-11-9-22(10-12-28)29-16-18(14-27-29)13-20-7-8-24-25-21(15-26-24)3-2-4-23(20)25/h2-4,7-8,14-17,19,22H,5-6,9-13H2,1H3. The minimum absolute atomic E-state index is 0.549. The first-order chi connectivity index (χ1) is 14.3. The average molecular weight is 385 g/mol. The number of hydrogen-bond acceptors (Lipinski definition) is 3. The smallest absolute Gasteiger partial charge is 0.0715 e. The highest BCUT2D eigenvalue weighted by atomic mass is 15.3. The highest BCUT2D eigenvalue weighted by Gasteiger charge is 2.34. The highest BCUT2D eigenvalue weighted by Crippen LogP contribution is 2.37. The molecule has 1 aromatic heterocycles. The van der Waals surface area contributed by atoms with Gasteiger partial charge < -0.3 is 4.90 Å². The molecule has 0 bridgehead atoms. The Labute approximate surface area is 172 Å². The summed E-state index contributed by atoms with van der Waals surface area (Å²) in [6, 6.07) is 12.2. The van der Waals surface area contributed by atoms with Gasteiger partial charge in [0.1, 0.15) is 0 Å². The number of benzene rings is 2. The minimum Gasteiger partial charge on any atom is -0.300 e. The van der Waals surface area contributed by atoms with Crippen LogP contribution in [0.25, 0.3) is 10.8 Å². The molecular formula is C25H28N4. The van der Waals surface area contributed by atoms with Crippen molar-refractivity contribution in [3.05, 3.63) is 59.4 Å². The van der Waals surface area contributed by atoms with Gasteiger partial charge >= 0.3 is 0 Å². The SMILES string of the molecule is CC(C1CC1)N1CCC(n2cc(Cc3ccc4c5c(cccc35)C=N4)cn2)CC1. The molecule has 3 heterocycles. The Morgan fingerprint density at radius 1 is 1.07 bits per heavy atom. The molecule has 1 unspecified atom stereocenters. The predicted molar refractivity (Wildman–Crippen MR) is 118 cm³/mol. The fourth-order valence-corrected chi connectivity index (χ4v) is 5.31. The highest BCUT2D eigenvalue weighted by molar-refractivity contribution is 6.12. The molecule has 3 aliphatic rings. The van der Waals surface area contributed by atoms with Crippen molar-refractivity contribution in [2.45, 2.75) is 51.1 Å². The third-order valence-electron chi connectivity index (χ3n) is 7.29. The second-order valence-electron chi connectivity index (χ2n) is 9.12. The molecule has 1 saturated heterocycles. The van der Waals surface area contributed by atoms with Crippen molar-refractivity contribution in [3.63, 3.8) is 0 Å². The van der Waals surface area contributed by atoms with Crippen molar-refractivity contribution >= 4 is 22.7 Å². The van der Waals surface area contributed by atoms with E-state index in [2.05, 4.69) is 64.2 Å². The summed E-state index contributed by atoms with van der Waals surface area (Å²) in [5.74, 6) is 0.964. The number of aliphatic imine (C=N–C) groups is 1. The van der Waals surface area contributed by atoms with E-state index in [1.807, 2.05) is 6.21 Å². The van der Waals surface area contributed by atoms with Crippen molar-refractivity contribution in [2.75, 3.05) is 13.1 Å². The fourth-order valence-electron chi connectivity index (χ4n) is 5.31. The van der Waals surface area contributed by atoms with Gasteiger partial charge in [-0.2, -0.15) is 5.10 Å². The molecule has 1 aliphatic carbocycles. The van der Waals surface area contributed by atoms with Crippen LogP contribution in [0.2, 0.25) is 0 Å². The second-order valence-corrected chi connectivity index (χ2v) is 9.12. The van der Waals surface area contributed by atoms with Crippen LogP contribution in [0.3, 0.4) is 0 Å². The van der Waals surface area contributed by atoms with Gasteiger partial charge in [0, 0.05) is 48.9 Å². The van der Waals surface area contributed by atoms with E-state index < -0.39 is 0 Å². The molecule has 0 N–H and O–H groups in total. The normalized spacial score (nSPS) is 20.6. The first-order valence-electron chi connectivity index (χ1n) is 11.1. The van der Waals surface area contributed by atoms with Gasteiger partial charge in [-0.25, -0.2) is 0 Å². The average Bonchev–Trinajstić information content (AvgIpc) is 3.37. The van der Waals surface area contributed by atoms with Gasteiger partial charge in [0.15, 0.2) is 0 Å². The molecule has 6 rings (SSSR count). The molecule has 1 atom stereocenters. The number of aromatic nitrogens is 2. The third-order valence-corrected chi connectivity index (χ3v) is 7.29. The van der Waals surface area contributed by atoms with E-state index in [1.165, 1.54) is 66.2 Å². The van der Waals surface area contributed by atoms with Crippen LogP contribution in [0.5, 0.6) is 0 Å². The Morgan fingerprint density at radius 2 is 1.93 bits per heavy atom. The van der Waals surface area contributed by atoms with E-state index in [4.69, 9.17) is 5.10 Å². The monoisotopic (exact) mass is 384 g/mol. The zero-order valence-electron chi connectivity index (χ0n) is 17.1. The molecule has 148 valence electrons. The molecule has 2 fully saturated rings. The van der Waals surface area contributed by atoms with E-state index in [0.29, 0.717) is 6.04 Å². The van der Waals surface area contributed by atoms with E-state index >= 15 is 0 Å². The molecule has 2 aliphatic heterocycles. The fraction of sp³-hybridized carbons (Fsp3) is 0.440. The summed E-state index contributed by atoms with van der Waals surface area (Å²) in [6.07, 6.45) is 12.6. The molecule has 4 heteroatoms. The van der Waals surface area contributed by atoms with Crippen LogP contribution in [0.1, 0.15) is 55.3 Å². The Bertz CT molecular complexity index is 1070. The Kier molecular flexibility index (Phi) is 4.08. The Morgan fingerprint density at radius 3 is 2.76 bits per heavy atom. The molecule has 0 spiro atoms. The van der Waals surface area contributed by atoms with E-state index in [9.17, 15) is 0 Å². The maximum Gasteiger partial charge on any atom is 0.0715 e. The minimum atomic E-state index is 0.549. The van der Waals surface area contributed by atoms with Crippen LogP contribution < -0.4 is 0 Å². The summed E-state index contributed by atoms with van der Waals surface area (Å²) in [4.78, 5) is 7.25. The molecule has 0 amide bonds. The van der Waals surface area contributed by atoms with Gasteiger partial charge in [0.2, 0.25) is 0 Å². The van der Waals surface area contributed by atoms with E-state index in [-0.39, 0.29) is 0 Å². The summed E-state index contributed by atoms with van der Waals surface area (Å²) in [7, 11) is 0. The summed E-state index contributed by atoms with van der Waals surface area (Å²) < 4.78 is 2.23. The lowest BCUT2D eigenvalue weighted by Gasteiger charge is -2.36. The van der Waals surface area contributed by atoms with Gasteiger partial charge in [0.05, 0.1) is 17.9 Å². The molecular weight excluding hydrogens is 356 g/mol. The maximum atomic E-state index is 4.75. The lowest BCUT2D eigenvalue weighted by molar-refractivity contribution is 0.127. The third kappa shape index (κ3) is 3.10. The number of nitrogens with zero attached hydrogens (tertiary/aromatic N) is 4. The summed E-state index contributed by atoms with van der Waals surface area (Å²) in [6.45, 7) is 4.85. The van der Waals surface area contributed by atoms with Crippen molar-refractivity contribution in [3.8, 4) is 0 Å². The zero-order valence-corrected chi connectivity index (χ0v) is 17.1. The van der Waals surface area contributed by atoms with Gasteiger partial charge in [-0.1, -0.05) is 24.3 Å². The first-order valence-corrected chi connectivity index (χ1v) is 11.1. The Balaban J connectivity index is 1.18. The van der Waals surface area contributed by atoms with Crippen LogP contribution in [0, 0.1) is 5.92 Å². The van der Waals surface area contributed by atoms with Crippen LogP contribution in [0.4, 0.5) is 5.69 Å². The van der Waals surface area contributed by atoms with Crippen molar-refractivity contribution < 1.29 is 0 Å². The van der Waals surface area contributed by atoms with Crippen LogP contribution >= 0.6 is 0 Å². The predicted octanol–water partition coefficient (Wildman–Crippen LogP) is 5.13. The van der Waals surface area contributed by atoms with E-state index in [0.717, 1.165) is 24.1 Å². The zero-order chi connectivity index (χ0) is 19.4. The molecule has 1 saturated carbocycles. The maximum absolute atomic E-state index is 4.75. The second kappa shape index (κ2) is 6.81. The summed E-state index contributed by atoms with van der Waals surface area (Å²) in [5, 5.41) is 7.38. The topological polar surface area (TPSA) is 33.4 Å². The van der Waals surface area contributed by atoms with Crippen LogP contribution in [-0.4, -0.2) is 40.0 Å². The first kappa shape index (κ1) is 17.4. The lowest BCUT2D eigenvalue weighted by Crippen LogP contribution is -2.41. The molecule has 0 radical (unpaired) electrons. The molecule has 29 heavy (non-hydrogen) atoms. The quantitative estimate of drug-likeness (QED) is 0.478. The van der Waals surface area contributed by atoms with Gasteiger partial charge in [-0.15, -0.1) is 0 Å². The number of piperidine rings is 1. The number of rotatable bonds is 5. The summed E-state index contributed by atoms with van der Waals surface area (Å²) in [5.41, 5.74) is 5.01. The van der Waals surface area contributed by atoms with Crippen LogP contribution in [0.15, 0.2) is 47.7 Å². The number of likely N-dealkylation sites (tertiary alicyclic amines) is 1. The van der Waals surface area contributed by atoms with Gasteiger partial charge in [-0.05, 0) is 61.1 Å². The summed E-state index contributed by atoms with van der Waals surface area (Å²) >= 11 is 0. The van der Waals surface area contributed by atoms with Crippen LogP contribution in [-0.2, 0) is 6.42 Å². The van der Waals surface area contributed by atoms with Crippen molar-refractivity contribution in [1.29, 1.82) is 0 Å². The lowest BCUT2D eigenvalue weighted by atomic mass is 9.97. The van der Waals surface area contributed by atoms with Gasteiger partial charge in [-0.3, -0.25) is 9.67 Å². The van der Waals surface area contributed by atoms with E-state index in [1.54, 1.807) is 0 Å². The van der Waals surface area contributed by atoms with Crippen molar-refractivity contribution in [1.82, 2.24) is 14.7 Å². The largest absolute Gasteiger partial charge is 0.300 e. The number of hydrogen-bond donors (Lipinski definition) is 0. The van der Waals surface area contributed by atoms with Crippen molar-refractivity contribution in [2.24, 2.45) is 10.9 Å².